The molecule has 0 radical (unpaired) electrons. The van der Waals surface area contributed by atoms with E-state index in [9.17, 15) is 4.39 Å². The molecule has 0 saturated carbocycles. The molecule has 1 aromatic carbocycles. The Morgan fingerprint density at radius 3 is 2.67 bits per heavy atom. The van der Waals surface area contributed by atoms with E-state index in [4.69, 9.17) is 11.6 Å². The zero-order chi connectivity index (χ0) is 13.4. The van der Waals surface area contributed by atoms with Crippen molar-refractivity contribution < 1.29 is 4.39 Å². The first-order valence-corrected chi connectivity index (χ1v) is 7.25. The van der Waals surface area contributed by atoms with Crippen molar-refractivity contribution in [1.82, 2.24) is 5.32 Å². The van der Waals surface area contributed by atoms with Crippen molar-refractivity contribution in [3.8, 4) is 0 Å². The second kappa shape index (κ2) is 8.49. The highest BCUT2D eigenvalue weighted by Gasteiger charge is 2.15. The van der Waals surface area contributed by atoms with Gasteiger partial charge < -0.3 is 5.32 Å². The molecule has 0 saturated heterocycles. The zero-order valence-corrected chi connectivity index (χ0v) is 12.1. The molecule has 102 valence electrons. The van der Waals surface area contributed by atoms with Crippen LogP contribution in [0.1, 0.15) is 57.6 Å². The molecule has 3 heteroatoms. The smallest absolute Gasteiger partial charge is 0.142 e. The van der Waals surface area contributed by atoms with Crippen LogP contribution >= 0.6 is 11.6 Å². The van der Waals surface area contributed by atoms with Crippen LogP contribution in [0.15, 0.2) is 18.2 Å². The van der Waals surface area contributed by atoms with Gasteiger partial charge in [0.1, 0.15) is 5.82 Å². The highest BCUT2D eigenvalue weighted by molar-refractivity contribution is 6.31. The molecule has 1 aromatic rings. The van der Waals surface area contributed by atoms with Crippen LogP contribution in [0.4, 0.5) is 4.39 Å². The standard InChI is InChI=1S/C15H23ClFN/c1-3-5-6-7-11-14(18-4-2)12-9-8-10-13(17)15(12)16/h8-10,14,18H,3-7,11H2,1-2H3. The van der Waals surface area contributed by atoms with Crippen LogP contribution < -0.4 is 5.32 Å². The van der Waals surface area contributed by atoms with Crippen molar-refractivity contribution in [3.63, 3.8) is 0 Å². The van der Waals surface area contributed by atoms with E-state index in [0.717, 1.165) is 24.9 Å². The van der Waals surface area contributed by atoms with Crippen molar-refractivity contribution in [3.05, 3.63) is 34.6 Å². The van der Waals surface area contributed by atoms with E-state index in [-0.39, 0.29) is 16.9 Å². The summed E-state index contributed by atoms with van der Waals surface area (Å²) in [6.45, 7) is 5.13. The van der Waals surface area contributed by atoms with Gasteiger partial charge in [-0.05, 0) is 24.6 Å². The van der Waals surface area contributed by atoms with Crippen LogP contribution in [-0.4, -0.2) is 6.54 Å². The Bertz CT molecular complexity index is 354. The Hall–Kier alpha value is -0.600. The monoisotopic (exact) mass is 271 g/mol. The largest absolute Gasteiger partial charge is 0.310 e. The molecule has 0 amide bonds. The fourth-order valence-electron chi connectivity index (χ4n) is 2.18. The molecule has 0 bridgehead atoms. The minimum absolute atomic E-state index is 0.162. The maximum atomic E-state index is 13.5. The molecular weight excluding hydrogens is 249 g/mol. The number of unbranched alkanes of at least 4 members (excludes halogenated alkanes) is 3. The lowest BCUT2D eigenvalue weighted by molar-refractivity contribution is 0.479. The summed E-state index contributed by atoms with van der Waals surface area (Å²) in [5.74, 6) is -0.328. The van der Waals surface area contributed by atoms with Crippen molar-refractivity contribution >= 4 is 11.6 Å². The van der Waals surface area contributed by atoms with Crippen molar-refractivity contribution in [2.75, 3.05) is 6.54 Å². The number of halogens is 2. The lowest BCUT2D eigenvalue weighted by Gasteiger charge is -2.19. The number of hydrogen-bond donors (Lipinski definition) is 1. The highest BCUT2D eigenvalue weighted by atomic mass is 35.5. The molecule has 1 N–H and O–H groups in total. The van der Waals surface area contributed by atoms with Gasteiger partial charge in [-0.1, -0.05) is 63.3 Å². The Kier molecular flexibility index (Phi) is 7.29. The summed E-state index contributed by atoms with van der Waals surface area (Å²) in [6, 6.07) is 5.22. The topological polar surface area (TPSA) is 12.0 Å². The third-order valence-electron chi connectivity index (χ3n) is 3.15. The van der Waals surface area contributed by atoms with Crippen LogP contribution in [0.3, 0.4) is 0 Å². The van der Waals surface area contributed by atoms with Crippen molar-refractivity contribution in [2.24, 2.45) is 0 Å². The van der Waals surface area contributed by atoms with Gasteiger partial charge in [-0.3, -0.25) is 0 Å². The maximum absolute atomic E-state index is 13.5. The molecule has 18 heavy (non-hydrogen) atoms. The molecule has 0 spiro atoms. The predicted molar refractivity (Wildman–Crippen MR) is 76.6 cm³/mol. The lowest BCUT2D eigenvalue weighted by atomic mass is 9.99. The van der Waals surface area contributed by atoms with Crippen molar-refractivity contribution in [1.29, 1.82) is 0 Å². The molecular formula is C15H23ClFN. The molecule has 1 unspecified atom stereocenters. The molecule has 0 aliphatic heterocycles. The normalized spacial score (nSPS) is 12.7. The van der Waals surface area contributed by atoms with Crippen LogP contribution in [0.5, 0.6) is 0 Å². The summed E-state index contributed by atoms with van der Waals surface area (Å²) >= 11 is 6.05. The molecule has 1 nitrogen and oxygen atoms in total. The molecule has 0 aliphatic carbocycles. The first kappa shape index (κ1) is 15.5. The molecule has 1 atom stereocenters. The fraction of sp³-hybridized carbons (Fsp3) is 0.600. The Balaban J connectivity index is 2.68. The Labute approximate surface area is 115 Å². The van der Waals surface area contributed by atoms with Gasteiger partial charge >= 0.3 is 0 Å². The van der Waals surface area contributed by atoms with Gasteiger partial charge in [0.05, 0.1) is 5.02 Å². The molecule has 0 aromatic heterocycles. The van der Waals surface area contributed by atoms with E-state index in [2.05, 4.69) is 19.2 Å². The van der Waals surface area contributed by atoms with Gasteiger partial charge in [-0.25, -0.2) is 4.39 Å². The first-order chi connectivity index (χ1) is 8.70. The third kappa shape index (κ3) is 4.58. The van der Waals surface area contributed by atoms with E-state index in [1.807, 2.05) is 6.07 Å². The second-order valence-electron chi connectivity index (χ2n) is 4.60. The van der Waals surface area contributed by atoms with E-state index in [1.165, 1.54) is 25.3 Å². The molecule has 0 aliphatic rings. The van der Waals surface area contributed by atoms with E-state index in [0.29, 0.717) is 0 Å². The van der Waals surface area contributed by atoms with Crippen LogP contribution in [-0.2, 0) is 0 Å². The summed E-state index contributed by atoms with van der Waals surface area (Å²) < 4.78 is 13.5. The van der Waals surface area contributed by atoms with Gasteiger partial charge in [0, 0.05) is 6.04 Å². The zero-order valence-electron chi connectivity index (χ0n) is 11.3. The number of hydrogen-bond acceptors (Lipinski definition) is 1. The molecule has 0 fully saturated rings. The average molecular weight is 272 g/mol. The SMILES string of the molecule is CCCCCCC(NCC)c1cccc(F)c1Cl. The molecule has 1 rings (SSSR count). The van der Waals surface area contributed by atoms with E-state index < -0.39 is 0 Å². The minimum Gasteiger partial charge on any atom is -0.310 e. The maximum Gasteiger partial charge on any atom is 0.142 e. The van der Waals surface area contributed by atoms with E-state index in [1.54, 1.807) is 6.07 Å². The summed E-state index contributed by atoms with van der Waals surface area (Å²) in [5.41, 5.74) is 0.884. The van der Waals surface area contributed by atoms with Gasteiger partial charge in [-0.15, -0.1) is 0 Å². The van der Waals surface area contributed by atoms with Crippen molar-refractivity contribution in [2.45, 2.75) is 52.0 Å². The minimum atomic E-state index is -0.328. The summed E-state index contributed by atoms with van der Waals surface area (Å²) in [6.07, 6.45) is 5.88. The lowest BCUT2D eigenvalue weighted by Crippen LogP contribution is -2.21. The highest BCUT2D eigenvalue weighted by Crippen LogP contribution is 2.28. The summed E-state index contributed by atoms with van der Waals surface area (Å²) in [5, 5.41) is 3.66. The number of rotatable bonds is 8. The number of benzene rings is 1. The van der Waals surface area contributed by atoms with E-state index >= 15 is 0 Å². The predicted octanol–water partition coefficient (Wildman–Crippen LogP) is 5.10. The average Bonchev–Trinajstić information content (AvgIpc) is 2.37. The van der Waals surface area contributed by atoms with Gasteiger partial charge in [-0.2, -0.15) is 0 Å². The third-order valence-corrected chi connectivity index (χ3v) is 3.55. The molecule has 0 heterocycles. The Morgan fingerprint density at radius 1 is 1.22 bits per heavy atom. The van der Waals surface area contributed by atoms with Gasteiger partial charge in [0.15, 0.2) is 0 Å². The Morgan fingerprint density at radius 2 is 2.00 bits per heavy atom. The van der Waals surface area contributed by atoms with Crippen LogP contribution in [0.2, 0.25) is 5.02 Å². The first-order valence-electron chi connectivity index (χ1n) is 6.88. The van der Waals surface area contributed by atoms with Gasteiger partial charge in [0.25, 0.3) is 0 Å². The summed E-state index contributed by atoms with van der Waals surface area (Å²) in [7, 11) is 0. The van der Waals surface area contributed by atoms with Crippen LogP contribution in [0, 0.1) is 5.82 Å². The second-order valence-corrected chi connectivity index (χ2v) is 4.98. The van der Waals surface area contributed by atoms with Gasteiger partial charge in [0.2, 0.25) is 0 Å². The fourth-order valence-corrected chi connectivity index (χ4v) is 2.44. The quantitative estimate of drug-likeness (QED) is 0.649. The van der Waals surface area contributed by atoms with Crippen LogP contribution in [0.25, 0.3) is 0 Å². The number of nitrogens with one attached hydrogen (secondary N) is 1. The summed E-state index contributed by atoms with van der Waals surface area (Å²) in [4.78, 5) is 0.